The van der Waals surface area contributed by atoms with Gasteiger partial charge < -0.3 is 15.2 Å². The molecule has 0 radical (unpaired) electrons. The van der Waals surface area contributed by atoms with Crippen LogP contribution in [-0.2, 0) is 0 Å². The molecule has 0 atom stereocenters. The van der Waals surface area contributed by atoms with Crippen molar-refractivity contribution in [3.8, 4) is 21.7 Å². The Hall–Kier alpha value is -3.00. The van der Waals surface area contributed by atoms with E-state index >= 15 is 0 Å². The summed E-state index contributed by atoms with van der Waals surface area (Å²) in [4.78, 5) is 17.2. The number of pyridine rings is 1. The molecule has 1 aliphatic rings. The van der Waals surface area contributed by atoms with Crippen LogP contribution in [0.25, 0.3) is 43.6 Å². The highest BCUT2D eigenvalue weighted by atomic mass is 35.5. The quantitative estimate of drug-likeness (QED) is 0.322. The van der Waals surface area contributed by atoms with Crippen LogP contribution in [0.3, 0.4) is 0 Å². The number of nitrogens with two attached hydrogens (primary N) is 1. The molecule has 1 saturated carbocycles. The van der Waals surface area contributed by atoms with Gasteiger partial charge in [-0.25, -0.2) is 15.0 Å². The van der Waals surface area contributed by atoms with Gasteiger partial charge in [0.15, 0.2) is 0 Å². The standard InChI is InChI=1S/C26H25ClN6S/c1-32(2)12-15-8-17(9-15)33-13-19(24-25(28)29-14-30-26(24)33)18-11-22-16(10-20(18)27)5-6-21(31-22)23-4-3-7-34-23/h3-7,10-11,13-15,17H,8-9,12H2,1-2H3,(H2,28,29,30). The number of hydrogen-bond acceptors (Lipinski definition) is 6. The third-order valence-electron chi connectivity index (χ3n) is 6.71. The number of rotatable bonds is 5. The zero-order valence-corrected chi connectivity index (χ0v) is 20.6. The third kappa shape index (κ3) is 3.64. The maximum absolute atomic E-state index is 6.82. The van der Waals surface area contributed by atoms with Crippen molar-refractivity contribution in [1.29, 1.82) is 0 Å². The fraction of sp³-hybridized carbons (Fsp3) is 0.269. The van der Waals surface area contributed by atoms with Crippen LogP contribution < -0.4 is 5.73 Å². The van der Waals surface area contributed by atoms with Crippen molar-refractivity contribution in [3.63, 3.8) is 0 Å². The molecular weight excluding hydrogens is 464 g/mol. The molecule has 4 heterocycles. The lowest BCUT2D eigenvalue weighted by Gasteiger charge is -2.38. The van der Waals surface area contributed by atoms with Gasteiger partial charge in [0.1, 0.15) is 17.8 Å². The third-order valence-corrected chi connectivity index (χ3v) is 7.91. The van der Waals surface area contributed by atoms with Gasteiger partial charge in [0, 0.05) is 40.3 Å². The molecule has 0 unspecified atom stereocenters. The summed E-state index contributed by atoms with van der Waals surface area (Å²) < 4.78 is 2.27. The van der Waals surface area contributed by atoms with Gasteiger partial charge >= 0.3 is 0 Å². The number of aromatic nitrogens is 4. The molecule has 0 spiro atoms. The average molecular weight is 489 g/mol. The van der Waals surface area contributed by atoms with Crippen LogP contribution in [0.1, 0.15) is 18.9 Å². The van der Waals surface area contributed by atoms with Crippen molar-refractivity contribution in [3.05, 3.63) is 59.3 Å². The number of benzene rings is 1. The molecule has 172 valence electrons. The SMILES string of the molecule is CN(C)CC1CC(n2cc(-c3cc4nc(-c5cccs5)ccc4cc3Cl)c3c(N)ncnc32)C1. The van der Waals surface area contributed by atoms with E-state index in [1.54, 1.807) is 17.7 Å². The summed E-state index contributed by atoms with van der Waals surface area (Å²) >= 11 is 8.51. The number of hydrogen-bond donors (Lipinski definition) is 1. The highest BCUT2D eigenvalue weighted by molar-refractivity contribution is 7.13. The van der Waals surface area contributed by atoms with Gasteiger partial charge in [-0.3, -0.25) is 0 Å². The number of nitrogen functional groups attached to an aromatic ring is 1. The topological polar surface area (TPSA) is 72.9 Å². The predicted octanol–water partition coefficient (Wildman–Crippen LogP) is 6.12. The van der Waals surface area contributed by atoms with Crippen LogP contribution in [0.15, 0.2) is 54.3 Å². The first-order valence-corrected chi connectivity index (χ1v) is 12.6. The molecule has 1 aromatic carbocycles. The molecule has 0 aliphatic heterocycles. The van der Waals surface area contributed by atoms with Crippen molar-refractivity contribution >= 4 is 50.7 Å². The molecule has 8 heteroatoms. The van der Waals surface area contributed by atoms with Crippen LogP contribution in [0.2, 0.25) is 5.02 Å². The number of halogens is 1. The lowest BCUT2D eigenvalue weighted by molar-refractivity contribution is 0.159. The summed E-state index contributed by atoms with van der Waals surface area (Å²) in [6.07, 6.45) is 5.96. The van der Waals surface area contributed by atoms with Crippen molar-refractivity contribution in [2.24, 2.45) is 5.92 Å². The Morgan fingerprint density at radius 3 is 2.76 bits per heavy atom. The number of anilines is 1. The molecule has 2 N–H and O–H groups in total. The Labute approximate surface area is 207 Å². The number of nitrogens with zero attached hydrogens (tertiary/aromatic N) is 5. The van der Waals surface area contributed by atoms with Crippen molar-refractivity contribution in [2.45, 2.75) is 18.9 Å². The Bertz CT molecular complexity index is 1500. The molecule has 0 bridgehead atoms. The van der Waals surface area contributed by atoms with E-state index < -0.39 is 0 Å². The summed E-state index contributed by atoms with van der Waals surface area (Å²) in [5.74, 6) is 1.17. The fourth-order valence-corrected chi connectivity index (χ4v) is 6.06. The van der Waals surface area contributed by atoms with E-state index in [9.17, 15) is 0 Å². The second-order valence-corrected chi connectivity index (χ2v) is 10.7. The second-order valence-electron chi connectivity index (χ2n) is 9.36. The first-order valence-electron chi connectivity index (χ1n) is 11.4. The minimum atomic E-state index is 0.401. The van der Waals surface area contributed by atoms with Gasteiger partial charge in [0.05, 0.1) is 21.5 Å². The second kappa shape index (κ2) is 8.34. The number of thiophene rings is 1. The largest absolute Gasteiger partial charge is 0.383 e. The summed E-state index contributed by atoms with van der Waals surface area (Å²) in [5, 5.41) is 4.59. The molecule has 6 nitrogen and oxygen atoms in total. The van der Waals surface area contributed by atoms with Gasteiger partial charge in [-0.15, -0.1) is 11.3 Å². The van der Waals surface area contributed by atoms with E-state index in [4.69, 9.17) is 22.3 Å². The van der Waals surface area contributed by atoms with E-state index in [-0.39, 0.29) is 0 Å². The first kappa shape index (κ1) is 21.5. The molecule has 6 rings (SSSR count). The molecule has 0 saturated heterocycles. The van der Waals surface area contributed by atoms with Crippen LogP contribution in [0.5, 0.6) is 0 Å². The summed E-state index contributed by atoms with van der Waals surface area (Å²) in [5.41, 5.74) is 11.0. The maximum atomic E-state index is 6.82. The Morgan fingerprint density at radius 1 is 1.15 bits per heavy atom. The van der Waals surface area contributed by atoms with Gasteiger partial charge in [0.25, 0.3) is 0 Å². The normalized spacial score (nSPS) is 18.1. The van der Waals surface area contributed by atoms with Crippen molar-refractivity contribution < 1.29 is 0 Å². The zero-order chi connectivity index (χ0) is 23.4. The molecule has 34 heavy (non-hydrogen) atoms. The Morgan fingerprint density at radius 2 is 2.00 bits per heavy atom. The minimum Gasteiger partial charge on any atom is -0.383 e. The fourth-order valence-electron chi connectivity index (χ4n) is 5.10. The van der Waals surface area contributed by atoms with Crippen molar-refractivity contribution in [2.75, 3.05) is 26.4 Å². The lowest BCUT2D eigenvalue weighted by Crippen LogP contribution is -2.33. The molecule has 4 aromatic heterocycles. The zero-order valence-electron chi connectivity index (χ0n) is 19.1. The highest BCUT2D eigenvalue weighted by Crippen LogP contribution is 2.44. The van der Waals surface area contributed by atoms with E-state index in [0.717, 1.165) is 63.0 Å². The van der Waals surface area contributed by atoms with Gasteiger partial charge in [-0.2, -0.15) is 0 Å². The molecule has 0 amide bonds. The average Bonchev–Trinajstić information content (AvgIpc) is 3.44. The van der Waals surface area contributed by atoms with E-state index in [0.29, 0.717) is 22.8 Å². The van der Waals surface area contributed by atoms with E-state index in [1.807, 2.05) is 18.2 Å². The monoisotopic (exact) mass is 488 g/mol. The molecule has 1 fully saturated rings. The van der Waals surface area contributed by atoms with Crippen molar-refractivity contribution in [1.82, 2.24) is 24.4 Å². The van der Waals surface area contributed by atoms with Gasteiger partial charge in [-0.05, 0) is 62.5 Å². The molecule has 1 aliphatic carbocycles. The maximum Gasteiger partial charge on any atom is 0.146 e. The molecular formula is C26H25ClN6S. The predicted molar refractivity (Wildman–Crippen MR) is 141 cm³/mol. The van der Waals surface area contributed by atoms with Gasteiger partial charge in [-0.1, -0.05) is 23.7 Å². The van der Waals surface area contributed by atoms with Crippen LogP contribution in [0.4, 0.5) is 5.82 Å². The van der Waals surface area contributed by atoms with E-state index in [2.05, 4.69) is 63.3 Å². The van der Waals surface area contributed by atoms with Crippen LogP contribution >= 0.6 is 22.9 Å². The first-order chi connectivity index (χ1) is 16.5. The smallest absolute Gasteiger partial charge is 0.146 e. The van der Waals surface area contributed by atoms with Crippen LogP contribution in [0, 0.1) is 5.92 Å². The lowest BCUT2D eigenvalue weighted by atomic mass is 9.80. The Balaban J connectivity index is 1.47. The molecule has 5 aromatic rings. The number of fused-ring (bicyclic) bond motifs is 2. The van der Waals surface area contributed by atoms with E-state index in [1.165, 1.54) is 0 Å². The Kier molecular flexibility index (Phi) is 5.28. The highest BCUT2D eigenvalue weighted by Gasteiger charge is 2.33. The summed E-state index contributed by atoms with van der Waals surface area (Å²) in [6, 6.07) is 12.7. The summed E-state index contributed by atoms with van der Waals surface area (Å²) in [7, 11) is 4.26. The minimum absolute atomic E-state index is 0.401. The van der Waals surface area contributed by atoms with Gasteiger partial charge in [0.2, 0.25) is 0 Å². The summed E-state index contributed by atoms with van der Waals surface area (Å²) in [6.45, 7) is 1.11. The van der Waals surface area contributed by atoms with Crippen LogP contribution in [-0.4, -0.2) is 45.1 Å².